The minimum atomic E-state index is 0.361. The Morgan fingerprint density at radius 3 is 2.24 bits per heavy atom. The minimum Gasteiger partial charge on any atom is -0.497 e. The predicted molar refractivity (Wildman–Crippen MR) is 102 cm³/mol. The number of likely N-dealkylation sites (tertiary alicyclic amines) is 1. The number of benzene rings is 1. The van der Waals surface area contributed by atoms with Crippen LogP contribution in [0, 0.1) is 0 Å². The highest BCUT2D eigenvalue weighted by molar-refractivity contribution is 5.28. The van der Waals surface area contributed by atoms with Crippen LogP contribution in [0.2, 0.25) is 0 Å². The van der Waals surface area contributed by atoms with Gasteiger partial charge in [-0.3, -0.25) is 9.88 Å². The molecule has 1 fully saturated rings. The zero-order valence-electron chi connectivity index (χ0n) is 15.5. The number of aromatic nitrogens is 1. The lowest BCUT2D eigenvalue weighted by Crippen LogP contribution is -2.44. The molecular weight excluding hydrogens is 310 g/mol. The minimum absolute atomic E-state index is 0.361. The first-order valence-corrected chi connectivity index (χ1v) is 9.21. The lowest BCUT2D eigenvalue weighted by atomic mass is 9.99. The van der Waals surface area contributed by atoms with Crippen LogP contribution in [-0.2, 0) is 0 Å². The maximum atomic E-state index is 5.24. The molecule has 1 aromatic heterocycles. The van der Waals surface area contributed by atoms with Crippen LogP contribution >= 0.6 is 0 Å². The van der Waals surface area contributed by atoms with Crippen molar-refractivity contribution in [3.05, 3.63) is 59.9 Å². The van der Waals surface area contributed by atoms with Gasteiger partial charge in [-0.2, -0.15) is 0 Å². The molecule has 0 radical (unpaired) electrons. The lowest BCUT2D eigenvalue weighted by molar-refractivity contribution is 0.149. The van der Waals surface area contributed by atoms with Crippen molar-refractivity contribution >= 4 is 0 Å². The molecule has 1 aromatic carbocycles. The van der Waals surface area contributed by atoms with Gasteiger partial charge in [-0.25, -0.2) is 0 Å². The number of pyridine rings is 1. The summed E-state index contributed by atoms with van der Waals surface area (Å²) in [6, 6.07) is 14.0. The van der Waals surface area contributed by atoms with Crippen LogP contribution in [0.4, 0.5) is 0 Å². The number of rotatable bonds is 6. The molecule has 3 rings (SSSR count). The maximum Gasteiger partial charge on any atom is 0.118 e. The lowest BCUT2D eigenvalue weighted by Gasteiger charge is -2.37. The molecule has 0 saturated carbocycles. The second-order valence-electron chi connectivity index (χ2n) is 6.93. The summed E-state index contributed by atoms with van der Waals surface area (Å²) >= 11 is 0. The highest BCUT2D eigenvalue weighted by Gasteiger charge is 2.24. The number of ether oxygens (including phenoxy) is 1. The molecule has 1 N–H and O–H groups in total. The van der Waals surface area contributed by atoms with E-state index in [2.05, 4.69) is 53.3 Å². The van der Waals surface area contributed by atoms with Crippen molar-refractivity contribution in [3.63, 3.8) is 0 Å². The van der Waals surface area contributed by atoms with Gasteiger partial charge >= 0.3 is 0 Å². The maximum absolute atomic E-state index is 5.24. The van der Waals surface area contributed by atoms with E-state index in [-0.39, 0.29) is 0 Å². The standard InChI is InChI=1S/C21H29N3O/c1-16(18-4-6-21(25-3)7-5-18)23-20-10-14-24(15-11-20)17(2)19-8-12-22-13-9-19/h4-9,12-13,16-17,20,23H,10-11,14-15H2,1-3H3/t16-,17-/m1/s1. The average molecular weight is 339 g/mol. The molecule has 0 unspecified atom stereocenters. The van der Waals surface area contributed by atoms with Crippen LogP contribution in [0.3, 0.4) is 0 Å². The van der Waals surface area contributed by atoms with Gasteiger partial charge in [0.05, 0.1) is 7.11 Å². The Kier molecular flexibility index (Phi) is 6.05. The fourth-order valence-corrected chi connectivity index (χ4v) is 3.65. The molecule has 2 aromatic rings. The Labute approximate surface area is 151 Å². The van der Waals surface area contributed by atoms with Gasteiger partial charge in [0.1, 0.15) is 5.75 Å². The van der Waals surface area contributed by atoms with Crippen LogP contribution in [0.25, 0.3) is 0 Å². The van der Waals surface area contributed by atoms with Crippen molar-refractivity contribution in [2.24, 2.45) is 0 Å². The summed E-state index contributed by atoms with van der Waals surface area (Å²) in [6.07, 6.45) is 6.15. The van der Waals surface area contributed by atoms with E-state index >= 15 is 0 Å². The SMILES string of the molecule is COc1ccc([C@@H](C)NC2CCN([C@H](C)c3ccncc3)CC2)cc1. The predicted octanol–water partition coefficient (Wildman–Crippen LogP) is 3.97. The molecule has 2 heterocycles. The van der Waals surface area contributed by atoms with E-state index < -0.39 is 0 Å². The monoisotopic (exact) mass is 339 g/mol. The molecule has 0 bridgehead atoms. The zero-order chi connectivity index (χ0) is 17.6. The summed E-state index contributed by atoms with van der Waals surface area (Å²) in [6.45, 7) is 6.81. The van der Waals surface area contributed by atoms with Crippen LogP contribution in [0.1, 0.15) is 49.9 Å². The molecule has 0 amide bonds. The van der Waals surface area contributed by atoms with Crippen LogP contribution < -0.4 is 10.1 Å². The normalized spacial score (nSPS) is 18.7. The molecule has 0 spiro atoms. The summed E-state index contributed by atoms with van der Waals surface area (Å²) < 4.78 is 5.24. The largest absolute Gasteiger partial charge is 0.497 e. The summed E-state index contributed by atoms with van der Waals surface area (Å²) in [7, 11) is 1.71. The molecule has 4 nitrogen and oxygen atoms in total. The Balaban J connectivity index is 1.50. The number of methoxy groups -OCH3 is 1. The van der Waals surface area contributed by atoms with E-state index in [0.717, 1.165) is 18.8 Å². The molecule has 25 heavy (non-hydrogen) atoms. The Bertz CT molecular complexity index is 636. The molecule has 4 heteroatoms. The van der Waals surface area contributed by atoms with E-state index in [0.29, 0.717) is 18.1 Å². The van der Waals surface area contributed by atoms with Crippen molar-refractivity contribution in [3.8, 4) is 5.75 Å². The number of piperidine rings is 1. The highest BCUT2D eigenvalue weighted by Crippen LogP contribution is 2.25. The van der Waals surface area contributed by atoms with E-state index in [1.807, 2.05) is 24.5 Å². The first-order valence-electron chi connectivity index (χ1n) is 9.21. The van der Waals surface area contributed by atoms with E-state index in [4.69, 9.17) is 4.74 Å². The summed E-state index contributed by atoms with van der Waals surface area (Å²) in [5.41, 5.74) is 2.67. The fourth-order valence-electron chi connectivity index (χ4n) is 3.65. The fraction of sp³-hybridized carbons (Fsp3) is 0.476. The van der Waals surface area contributed by atoms with E-state index in [1.165, 1.54) is 24.0 Å². The molecule has 1 saturated heterocycles. The van der Waals surface area contributed by atoms with Gasteiger partial charge in [0, 0.05) is 43.6 Å². The zero-order valence-corrected chi connectivity index (χ0v) is 15.5. The van der Waals surface area contributed by atoms with Gasteiger partial charge in [-0.15, -0.1) is 0 Å². The summed E-state index contributed by atoms with van der Waals surface area (Å²) in [5, 5.41) is 3.79. The third kappa shape index (κ3) is 4.59. The number of hydrogen-bond donors (Lipinski definition) is 1. The van der Waals surface area contributed by atoms with Crippen LogP contribution in [-0.4, -0.2) is 36.1 Å². The van der Waals surface area contributed by atoms with Gasteiger partial charge in [0.2, 0.25) is 0 Å². The molecule has 1 aliphatic rings. The van der Waals surface area contributed by atoms with Crippen LogP contribution in [0.15, 0.2) is 48.8 Å². The molecule has 134 valence electrons. The first-order chi connectivity index (χ1) is 12.2. The van der Waals surface area contributed by atoms with Gasteiger partial charge in [0.25, 0.3) is 0 Å². The number of nitrogens with zero attached hydrogens (tertiary/aromatic N) is 2. The van der Waals surface area contributed by atoms with Gasteiger partial charge < -0.3 is 10.1 Å². The highest BCUT2D eigenvalue weighted by atomic mass is 16.5. The summed E-state index contributed by atoms with van der Waals surface area (Å²) in [5.74, 6) is 0.911. The van der Waals surface area contributed by atoms with Gasteiger partial charge in [-0.05, 0) is 62.1 Å². The van der Waals surface area contributed by atoms with Crippen molar-refractivity contribution in [2.45, 2.75) is 44.8 Å². The average Bonchev–Trinajstić information content (AvgIpc) is 2.68. The van der Waals surface area contributed by atoms with Gasteiger partial charge in [0.15, 0.2) is 0 Å². The van der Waals surface area contributed by atoms with Crippen molar-refractivity contribution in [1.29, 1.82) is 0 Å². The second kappa shape index (κ2) is 8.45. The Hall–Kier alpha value is -1.91. The Morgan fingerprint density at radius 2 is 1.64 bits per heavy atom. The summed E-state index contributed by atoms with van der Waals surface area (Å²) in [4.78, 5) is 6.70. The first kappa shape index (κ1) is 17.9. The van der Waals surface area contributed by atoms with Gasteiger partial charge in [-0.1, -0.05) is 12.1 Å². The number of hydrogen-bond acceptors (Lipinski definition) is 4. The Morgan fingerprint density at radius 1 is 1.00 bits per heavy atom. The molecule has 0 aliphatic carbocycles. The quantitative estimate of drug-likeness (QED) is 0.864. The van der Waals surface area contributed by atoms with Crippen molar-refractivity contribution in [2.75, 3.05) is 20.2 Å². The van der Waals surface area contributed by atoms with Crippen molar-refractivity contribution in [1.82, 2.24) is 15.2 Å². The molecule has 1 aliphatic heterocycles. The smallest absolute Gasteiger partial charge is 0.118 e. The third-order valence-electron chi connectivity index (χ3n) is 5.37. The third-order valence-corrected chi connectivity index (χ3v) is 5.37. The van der Waals surface area contributed by atoms with Crippen molar-refractivity contribution < 1.29 is 4.74 Å². The molecular formula is C21H29N3O. The number of nitrogens with one attached hydrogen (secondary N) is 1. The topological polar surface area (TPSA) is 37.4 Å². The van der Waals surface area contributed by atoms with Crippen LogP contribution in [0.5, 0.6) is 5.75 Å². The molecule has 2 atom stereocenters. The van der Waals surface area contributed by atoms with E-state index in [1.54, 1.807) is 7.11 Å². The second-order valence-corrected chi connectivity index (χ2v) is 6.93. The van der Waals surface area contributed by atoms with E-state index in [9.17, 15) is 0 Å².